The van der Waals surface area contributed by atoms with Crippen molar-refractivity contribution < 1.29 is 23.8 Å². The highest BCUT2D eigenvalue weighted by Gasteiger charge is 2.28. The second-order valence-corrected chi connectivity index (χ2v) is 5.26. The van der Waals surface area contributed by atoms with Gasteiger partial charge in [-0.25, -0.2) is 0 Å². The quantitative estimate of drug-likeness (QED) is 0.887. The molecule has 1 aromatic carbocycles. The number of amides is 1. The standard InChI is InChI=1S/C16H19NO5/c1-10(2)17(8-14(18)19)16(20)15-12(9-21-3)11-6-4-5-7-13(11)22-15/h4-7,10H,8-9H2,1-3H3,(H,18,19). The van der Waals surface area contributed by atoms with Gasteiger partial charge in [0, 0.05) is 24.1 Å². The second-order valence-electron chi connectivity index (χ2n) is 5.26. The van der Waals surface area contributed by atoms with Crippen LogP contribution in [0.2, 0.25) is 0 Å². The van der Waals surface area contributed by atoms with Crippen molar-refractivity contribution >= 4 is 22.8 Å². The Hall–Kier alpha value is -2.34. The number of ether oxygens (including phenoxy) is 1. The average molecular weight is 305 g/mol. The molecule has 0 spiro atoms. The summed E-state index contributed by atoms with van der Waals surface area (Å²) in [5.41, 5.74) is 1.22. The molecule has 0 aliphatic carbocycles. The first kappa shape index (κ1) is 16.0. The maximum atomic E-state index is 12.7. The Morgan fingerprint density at radius 3 is 2.59 bits per heavy atom. The van der Waals surface area contributed by atoms with Crippen molar-refractivity contribution in [2.75, 3.05) is 13.7 Å². The average Bonchev–Trinajstić information content (AvgIpc) is 2.83. The molecule has 0 aliphatic heterocycles. The number of aliphatic carboxylic acids is 1. The maximum Gasteiger partial charge on any atom is 0.323 e. The first-order chi connectivity index (χ1) is 10.5. The van der Waals surface area contributed by atoms with Crippen LogP contribution < -0.4 is 0 Å². The lowest BCUT2D eigenvalue weighted by Gasteiger charge is -2.24. The Morgan fingerprint density at radius 2 is 2.00 bits per heavy atom. The van der Waals surface area contributed by atoms with E-state index >= 15 is 0 Å². The molecule has 1 heterocycles. The van der Waals surface area contributed by atoms with Gasteiger partial charge in [0.1, 0.15) is 12.1 Å². The molecular weight excluding hydrogens is 286 g/mol. The number of methoxy groups -OCH3 is 1. The van der Waals surface area contributed by atoms with E-state index in [1.165, 1.54) is 12.0 Å². The van der Waals surface area contributed by atoms with Gasteiger partial charge in [0.25, 0.3) is 5.91 Å². The van der Waals surface area contributed by atoms with E-state index in [4.69, 9.17) is 14.3 Å². The Balaban J connectivity index is 2.49. The molecule has 0 atom stereocenters. The molecular formula is C16H19NO5. The number of carbonyl (C=O) groups excluding carboxylic acids is 1. The SMILES string of the molecule is COCc1c(C(=O)N(CC(=O)O)C(C)C)oc2ccccc12. The van der Waals surface area contributed by atoms with Crippen molar-refractivity contribution in [2.24, 2.45) is 0 Å². The number of nitrogens with zero attached hydrogens (tertiary/aromatic N) is 1. The van der Waals surface area contributed by atoms with Crippen molar-refractivity contribution in [3.63, 3.8) is 0 Å². The number of rotatable bonds is 6. The van der Waals surface area contributed by atoms with Gasteiger partial charge in [0.15, 0.2) is 5.76 Å². The Bertz CT molecular complexity index is 689. The van der Waals surface area contributed by atoms with Gasteiger partial charge < -0.3 is 19.2 Å². The van der Waals surface area contributed by atoms with E-state index in [0.717, 1.165) is 5.39 Å². The molecule has 0 fully saturated rings. The summed E-state index contributed by atoms with van der Waals surface area (Å²) in [6, 6.07) is 7.02. The summed E-state index contributed by atoms with van der Waals surface area (Å²) >= 11 is 0. The van der Waals surface area contributed by atoms with Crippen LogP contribution in [0.15, 0.2) is 28.7 Å². The molecule has 6 heteroatoms. The molecule has 1 aromatic heterocycles. The number of furan rings is 1. The van der Waals surface area contributed by atoms with Crippen molar-refractivity contribution in [1.82, 2.24) is 4.90 Å². The number of benzene rings is 1. The van der Waals surface area contributed by atoms with Gasteiger partial charge in [-0.3, -0.25) is 9.59 Å². The minimum atomic E-state index is -1.06. The minimum absolute atomic E-state index is 0.137. The summed E-state index contributed by atoms with van der Waals surface area (Å²) in [5.74, 6) is -1.37. The number of carboxylic acids is 1. The van der Waals surface area contributed by atoms with E-state index in [2.05, 4.69) is 0 Å². The zero-order valence-electron chi connectivity index (χ0n) is 12.8. The first-order valence-corrected chi connectivity index (χ1v) is 6.97. The van der Waals surface area contributed by atoms with E-state index in [-0.39, 0.29) is 25.0 Å². The van der Waals surface area contributed by atoms with Gasteiger partial charge in [-0.2, -0.15) is 0 Å². The van der Waals surface area contributed by atoms with Gasteiger partial charge in [0.05, 0.1) is 6.61 Å². The normalized spacial score (nSPS) is 11.1. The van der Waals surface area contributed by atoms with Gasteiger partial charge in [-0.05, 0) is 19.9 Å². The summed E-state index contributed by atoms with van der Waals surface area (Å²) < 4.78 is 10.8. The van der Waals surface area contributed by atoms with Gasteiger partial charge in [-0.15, -0.1) is 0 Å². The third-order valence-electron chi connectivity index (χ3n) is 3.37. The third kappa shape index (κ3) is 3.12. The van der Waals surface area contributed by atoms with Gasteiger partial charge in [-0.1, -0.05) is 18.2 Å². The third-order valence-corrected chi connectivity index (χ3v) is 3.37. The van der Waals surface area contributed by atoms with Crippen LogP contribution in [0.1, 0.15) is 30.0 Å². The summed E-state index contributed by atoms with van der Waals surface area (Å²) in [7, 11) is 1.54. The van der Waals surface area contributed by atoms with Crippen molar-refractivity contribution in [2.45, 2.75) is 26.5 Å². The molecule has 0 radical (unpaired) electrons. The maximum absolute atomic E-state index is 12.7. The van der Waals surface area contributed by atoms with Crippen LogP contribution in [-0.2, 0) is 16.1 Å². The number of hydrogen-bond acceptors (Lipinski definition) is 4. The molecule has 2 aromatic rings. The zero-order chi connectivity index (χ0) is 16.3. The topological polar surface area (TPSA) is 80.0 Å². The summed E-state index contributed by atoms with van der Waals surface area (Å²) in [6.45, 7) is 3.37. The Labute approximate surface area is 128 Å². The van der Waals surface area contributed by atoms with Crippen LogP contribution >= 0.6 is 0 Å². The van der Waals surface area contributed by atoms with Crippen molar-refractivity contribution in [3.05, 3.63) is 35.6 Å². The van der Waals surface area contributed by atoms with Crippen LogP contribution in [0.5, 0.6) is 0 Å². The van der Waals surface area contributed by atoms with E-state index < -0.39 is 11.9 Å². The van der Waals surface area contributed by atoms with E-state index in [1.807, 2.05) is 18.2 Å². The highest BCUT2D eigenvalue weighted by atomic mass is 16.5. The van der Waals surface area contributed by atoms with Crippen LogP contribution in [-0.4, -0.2) is 41.6 Å². The summed E-state index contributed by atoms with van der Waals surface area (Å²) in [4.78, 5) is 24.9. The fraction of sp³-hybridized carbons (Fsp3) is 0.375. The monoisotopic (exact) mass is 305 g/mol. The number of fused-ring (bicyclic) bond motifs is 1. The highest BCUT2D eigenvalue weighted by molar-refractivity contribution is 6.00. The molecule has 22 heavy (non-hydrogen) atoms. The Morgan fingerprint density at radius 1 is 1.32 bits per heavy atom. The van der Waals surface area contributed by atoms with Crippen LogP contribution in [0.25, 0.3) is 11.0 Å². The number of para-hydroxylation sites is 1. The van der Waals surface area contributed by atoms with E-state index in [1.54, 1.807) is 19.9 Å². The van der Waals surface area contributed by atoms with Crippen molar-refractivity contribution in [1.29, 1.82) is 0 Å². The lowest BCUT2D eigenvalue weighted by atomic mass is 10.1. The zero-order valence-corrected chi connectivity index (χ0v) is 12.8. The minimum Gasteiger partial charge on any atom is -0.480 e. The number of carboxylic acid groups (broad SMARTS) is 1. The fourth-order valence-corrected chi connectivity index (χ4v) is 2.32. The molecule has 2 rings (SSSR count). The summed E-state index contributed by atoms with van der Waals surface area (Å²) in [6.07, 6.45) is 0. The lowest BCUT2D eigenvalue weighted by Crippen LogP contribution is -2.40. The van der Waals surface area contributed by atoms with Crippen LogP contribution in [0, 0.1) is 0 Å². The van der Waals surface area contributed by atoms with E-state index in [0.29, 0.717) is 11.1 Å². The molecule has 0 saturated carbocycles. The van der Waals surface area contributed by atoms with Crippen molar-refractivity contribution in [3.8, 4) is 0 Å². The number of hydrogen-bond donors (Lipinski definition) is 1. The smallest absolute Gasteiger partial charge is 0.323 e. The molecule has 0 bridgehead atoms. The van der Waals surface area contributed by atoms with E-state index in [9.17, 15) is 9.59 Å². The van der Waals surface area contributed by atoms with Crippen LogP contribution in [0.3, 0.4) is 0 Å². The largest absolute Gasteiger partial charge is 0.480 e. The molecule has 6 nitrogen and oxygen atoms in total. The molecule has 1 amide bonds. The lowest BCUT2D eigenvalue weighted by molar-refractivity contribution is -0.138. The van der Waals surface area contributed by atoms with Gasteiger partial charge >= 0.3 is 5.97 Å². The fourth-order valence-electron chi connectivity index (χ4n) is 2.32. The second kappa shape index (κ2) is 6.62. The predicted octanol–water partition coefficient (Wildman–Crippen LogP) is 2.51. The number of carbonyl (C=O) groups is 2. The molecule has 0 saturated heterocycles. The van der Waals surface area contributed by atoms with Crippen LogP contribution in [0.4, 0.5) is 0 Å². The van der Waals surface area contributed by atoms with Gasteiger partial charge in [0.2, 0.25) is 0 Å². The predicted molar refractivity (Wildman–Crippen MR) is 80.7 cm³/mol. The first-order valence-electron chi connectivity index (χ1n) is 6.97. The molecule has 0 unspecified atom stereocenters. The summed E-state index contributed by atoms with van der Waals surface area (Å²) in [5, 5.41) is 9.79. The molecule has 0 aliphatic rings. The Kier molecular flexibility index (Phi) is 4.82. The molecule has 118 valence electrons. The molecule has 1 N–H and O–H groups in total. The highest BCUT2D eigenvalue weighted by Crippen LogP contribution is 2.28.